The fraction of sp³-hybridized carbons (Fsp3) is 0.235. The zero-order chi connectivity index (χ0) is 14.7. The Morgan fingerprint density at radius 3 is 2.67 bits per heavy atom. The molecule has 2 aromatic carbocycles. The van der Waals surface area contributed by atoms with Gasteiger partial charge in [-0.1, -0.05) is 48.5 Å². The van der Waals surface area contributed by atoms with Crippen molar-refractivity contribution in [2.75, 3.05) is 6.54 Å². The van der Waals surface area contributed by atoms with Crippen molar-refractivity contribution in [1.82, 2.24) is 5.32 Å². The van der Waals surface area contributed by atoms with E-state index in [1.165, 1.54) is 5.56 Å². The van der Waals surface area contributed by atoms with Crippen LogP contribution in [-0.4, -0.2) is 18.6 Å². The predicted octanol–water partition coefficient (Wildman–Crippen LogP) is 3.09. The van der Waals surface area contributed by atoms with Crippen molar-refractivity contribution in [3.63, 3.8) is 0 Å². The SMILES string of the molecule is O=C(NCC1Cc2ccccc2O1)C(Cl)c1ccccc1. The van der Waals surface area contributed by atoms with Crippen LogP contribution in [0.2, 0.25) is 0 Å². The fourth-order valence-electron chi connectivity index (χ4n) is 2.45. The van der Waals surface area contributed by atoms with Crippen LogP contribution in [0.15, 0.2) is 54.6 Å². The number of hydrogen-bond acceptors (Lipinski definition) is 2. The van der Waals surface area contributed by atoms with Gasteiger partial charge >= 0.3 is 0 Å². The van der Waals surface area contributed by atoms with E-state index in [9.17, 15) is 4.79 Å². The number of benzene rings is 2. The summed E-state index contributed by atoms with van der Waals surface area (Å²) < 4.78 is 5.78. The predicted molar refractivity (Wildman–Crippen MR) is 82.6 cm³/mol. The molecule has 1 aliphatic rings. The molecule has 0 saturated heterocycles. The highest BCUT2D eigenvalue weighted by Crippen LogP contribution is 2.28. The van der Waals surface area contributed by atoms with Gasteiger partial charge in [0.05, 0.1) is 6.54 Å². The molecule has 108 valence electrons. The van der Waals surface area contributed by atoms with Gasteiger partial charge in [-0.15, -0.1) is 11.6 Å². The van der Waals surface area contributed by atoms with Crippen LogP contribution in [0.25, 0.3) is 0 Å². The third kappa shape index (κ3) is 3.19. The van der Waals surface area contributed by atoms with Gasteiger partial charge in [0.15, 0.2) is 0 Å². The number of fused-ring (bicyclic) bond motifs is 1. The van der Waals surface area contributed by atoms with Gasteiger partial charge in [-0.05, 0) is 17.2 Å². The zero-order valence-corrected chi connectivity index (χ0v) is 12.2. The Morgan fingerprint density at radius 2 is 1.90 bits per heavy atom. The average molecular weight is 302 g/mol. The summed E-state index contributed by atoms with van der Waals surface area (Å²) in [6, 6.07) is 17.3. The van der Waals surface area contributed by atoms with E-state index in [4.69, 9.17) is 16.3 Å². The van der Waals surface area contributed by atoms with Crippen molar-refractivity contribution in [2.45, 2.75) is 17.9 Å². The molecule has 1 aliphatic heterocycles. The minimum absolute atomic E-state index is 0.0222. The van der Waals surface area contributed by atoms with Crippen LogP contribution in [0, 0.1) is 0 Å². The van der Waals surface area contributed by atoms with Gasteiger partial charge in [-0.3, -0.25) is 4.79 Å². The number of ether oxygens (including phenoxy) is 1. The van der Waals surface area contributed by atoms with E-state index >= 15 is 0 Å². The highest BCUT2D eigenvalue weighted by Gasteiger charge is 2.24. The summed E-state index contributed by atoms with van der Waals surface area (Å²) in [5.74, 6) is 0.713. The maximum absolute atomic E-state index is 12.1. The first-order chi connectivity index (χ1) is 10.2. The molecule has 3 nitrogen and oxygen atoms in total. The van der Waals surface area contributed by atoms with Crippen LogP contribution < -0.4 is 10.1 Å². The van der Waals surface area contributed by atoms with Crippen LogP contribution in [0.1, 0.15) is 16.5 Å². The molecule has 0 aromatic heterocycles. The van der Waals surface area contributed by atoms with Gasteiger partial charge in [0.25, 0.3) is 0 Å². The van der Waals surface area contributed by atoms with E-state index < -0.39 is 5.38 Å². The molecule has 3 rings (SSSR count). The lowest BCUT2D eigenvalue weighted by Gasteiger charge is -2.14. The monoisotopic (exact) mass is 301 g/mol. The first-order valence-corrected chi connectivity index (χ1v) is 7.39. The third-order valence-electron chi connectivity index (χ3n) is 3.54. The first kappa shape index (κ1) is 14.0. The van der Waals surface area contributed by atoms with Crippen molar-refractivity contribution in [3.8, 4) is 5.75 Å². The summed E-state index contributed by atoms with van der Waals surface area (Å²) in [5, 5.41) is 2.19. The van der Waals surface area contributed by atoms with Gasteiger partial charge < -0.3 is 10.1 Å². The van der Waals surface area contributed by atoms with Crippen molar-refractivity contribution < 1.29 is 9.53 Å². The highest BCUT2D eigenvalue weighted by atomic mass is 35.5. The Bertz CT molecular complexity index is 605. The van der Waals surface area contributed by atoms with Crippen molar-refractivity contribution >= 4 is 17.5 Å². The lowest BCUT2D eigenvalue weighted by atomic mass is 10.1. The molecule has 0 fully saturated rings. The standard InChI is InChI=1S/C17H16ClNO2/c18-16(12-6-2-1-3-7-12)17(20)19-11-14-10-13-8-4-5-9-15(13)21-14/h1-9,14,16H,10-11H2,(H,19,20). The summed E-state index contributed by atoms with van der Waals surface area (Å²) in [4.78, 5) is 12.1. The molecule has 1 N–H and O–H groups in total. The van der Waals surface area contributed by atoms with E-state index in [-0.39, 0.29) is 12.0 Å². The molecular weight excluding hydrogens is 286 g/mol. The summed E-state index contributed by atoms with van der Waals surface area (Å²) in [7, 11) is 0. The molecule has 0 bridgehead atoms. The normalized spacial score (nSPS) is 17.7. The Hall–Kier alpha value is -2.00. The smallest absolute Gasteiger partial charge is 0.242 e. The quantitative estimate of drug-likeness (QED) is 0.881. The summed E-state index contributed by atoms with van der Waals surface area (Å²) >= 11 is 6.18. The van der Waals surface area contributed by atoms with Gasteiger partial charge in [-0.2, -0.15) is 0 Å². The zero-order valence-electron chi connectivity index (χ0n) is 11.5. The molecule has 4 heteroatoms. The molecule has 2 aromatic rings. The van der Waals surface area contributed by atoms with E-state index in [0.717, 1.165) is 17.7 Å². The number of hydrogen-bond donors (Lipinski definition) is 1. The second kappa shape index (κ2) is 6.19. The number of rotatable bonds is 4. The largest absolute Gasteiger partial charge is 0.488 e. The second-order valence-electron chi connectivity index (χ2n) is 5.07. The Labute approximate surface area is 128 Å². The van der Waals surface area contributed by atoms with Crippen LogP contribution in [0.5, 0.6) is 5.75 Å². The number of carbonyl (C=O) groups is 1. The molecule has 1 amide bonds. The summed E-state index contributed by atoms with van der Waals surface area (Å²) in [6.07, 6.45) is 0.792. The second-order valence-corrected chi connectivity index (χ2v) is 5.51. The van der Waals surface area contributed by atoms with E-state index in [2.05, 4.69) is 5.32 Å². The molecule has 21 heavy (non-hydrogen) atoms. The number of alkyl halides is 1. The molecule has 2 unspecified atom stereocenters. The van der Waals surface area contributed by atoms with Crippen molar-refractivity contribution in [2.24, 2.45) is 0 Å². The Kier molecular flexibility index (Phi) is 4.11. The lowest BCUT2D eigenvalue weighted by molar-refractivity contribution is -0.121. The van der Waals surface area contributed by atoms with Crippen molar-refractivity contribution in [3.05, 3.63) is 65.7 Å². The lowest BCUT2D eigenvalue weighted by Crippen LogP contribution is -2.36. The maximum Gasteiger partial charge on any atom is 0.242 e. The molecule has 0 saturated carbocycles. The van der Waals surface area contributed by atoms with Gasteiger partial charge in [0, 0.05) is 6.42 Å². The molecule has 0 spiro atoms. The van der Waals surface area contributed by atoms with Gasteiger partial charge in [0.2, 0.25) is 5.91 Å². The molecular formula is C17H16ClNO2. The number of nitrogens with one attached hydrogen (secondary N) is 1. The highest BCUT2D eigenvalue weighted by molar-refractivity contribution is 6.30. The van der Waals surface area contributed by atoms with E-state index in [1.54, 1.807) is 0 Å². The first-order valence-electron chi connectivity index (χ1n) is 6.95. The Morgan fingerprint density at radius 1 is 1.19 bits per heavy atom. The van der Waals surface area contributed by atoms with Gasteiger partial charge in [-0.25, -0.2) is 0 Å². The fourth-order valence-corrected chi connectivity index (χ4v) is 2.67. The topological polar surface area (TPSA) is 38.3 Å². The van der Waals surface area contributed by atoms with Gasteiger partial charge in [0.1, 0.15) is 17.2 Å². The maximum atomic E-state index is 12.1. The van der Waals surface area contributed by atoms with Crippen LogP contribution in [0.3, 0.4) is 0 Å². The van der Waals surface area contributed by atoms with Crippen LogP contribution in [0.4, 0.5) is 0 Å². The number of carbonyl (C=O) groups excluding carboxylic acids is 1. The van der Waals surface area contributed by atoms with Crippen molar-refractivity contribution in [1.29, 1.82) is 0 Å². The van der Waals surface area contributed by atoms with E-state index in [1.807, 2.05) is 54.6 Å². The van der Waals surface area contributed by atoms with Crippen LogP contribution in [-0.2, 0) is 11.2 Å². The Balaban J connectivity index is 1.53. The molecule has 0 radical (unpaired) electrons. The molecule has 1 heterocycles. The summed E-state index contributed by atoms with van der Waals surface area (Å²) in [6.45, 7) is 0.462. The minimum Gasteiger partial charge on any atom is -0.488 e. The number of amides is 1. The summed E-state index contributed by atoms with van der Waals surface area (Å²) in [5.41, 5.74) is 1.98. The average Bonchev–Trinajstić information content (AvgIpc) is 2.95. The number of para-hydroxylation sites is 1. The van der Waals surface area contributed by atoms with Crippen LogP contribution >= 0.6 is 11.6 Å². The number of halogens is 1. The molecule has 2 atom stereocenters. The minimum atomic E-state index is -0.671. The van der Waals surface area contributed by atoms with E-state index in [0.29, 0.717) is 6.54 Å². The third-order valence-corrected chi connectivity index (χ3v) is 3.99. The molecule has 0 aliphatic carbocycles.